The van der Waals surface area contributed by atoms with Crippen molar-refractivity contribution in [2.75, 3.05) is 6.54 Å². The zero-order valence-electron chi connectivity index (χ0n) is 11.1. The van der Waals surface area contributed by atoms with Crippen molar-refractivity contribution in [3.05, 3.63) is 12.0 Å². The van der Waals surface area contributed by atoms with Crippen LogP contribution in [-0.4, -0.2) is 11.7 Å². The summed E-state index contributed by atoms with van der Waals surface area (Å²) >= 11 is 0. The van der Waals surface area contributed by atoms with E-state index in [-0.39, 0.29) is 0 Å². The Hall–Kier alpha value is -0.660. The lowest BCUT2D eigenvalue weighted by atomic mass is 10.1. The smallest absolute Gasteiger partial charge is 0.108 e. The topological polar surface area (TPSA) is 32.3 Å². The van der Waals surface area contributed by atoms with Crippen molar-refractivity contribution in [1.82, 2.24) is 5.32 Å². The monoisotopic (exact) mass is 227 g/mol. The van der Waals surface area contributed by atoms with Gasteiger partial charge >= 0.3 is 0 Å². The van der Waals surface area contributed by atoms with Crippen LogP contribution in [0.25, 0.3) is 0 Å². The lowest BCUT2D eigenvalue weighted by Gasteiger charge is -2.03. The summed E-state index contributed by atoms with van der Waals surface area (Å²) in [5, 5.41) is 12.6. The SMILES string of the molecule is CCCCCCCCNC=C(O)CCCC. The number of allylic oxidation sites excluding steroid dienone is 1. The van der Waals surface area contributed by atoms with Crippen LogP contribution in [0.15, 0.2) is 12.0 Å². The third-order valence-corrected chi connectivity index (χ3v) is 2.73. The molecule has 0 aliphatic rings. The molecule has 0 atom stereocenters. The molecule has 0 aromatic heterocycles. The fourth-order valence-corrected chi connectivity index (χ4v) is 1.63. The summed E-state index contributed by atoms with van der Waals surface area (Å²) in [6, 6.07) is 0. The van der Waals surface area contributed by atoms with Gasteiger partial charge in [0.2, 0.25) is 0 Å². The van der Waals surface area contributed by atoms with E-state index < -0.39 is 0 Å². The van der Waals surface area contributed by atoms with E-state index in [9.17, 15) is 5.11 Å². The molecule has 0 spiro atoms. The normalized spacial score (nSPS) is 11.8. The summed E-state index contributed by atoms with van der Waals surface area (Å²) in [5.74, 6) is 0.493. The summed E-state index contributed by atoms with van der Waals surface area (Å²) in [5.41, 5.74) is 0. The first-order chi connectivity index (χ1) is 7.81. The Morgan fingerprint density at radius 2 is 1.56 bits per heavy atom. The van der Waals surface area contributed by atoms with E-state index in [1.807, 2.05) is 0 Å². The highest BCUT2D eigenvalue weighted by molar-refractivity contribution is 4.88. The molecule has 0 unspecified atom stereocenters. The van der Waals surface area contributed by atoms with Gasteiger partial charge < -0.3 is 10.4 Å². The minimum atomic E-state index is 0.493. The summed E-state index contributed by atoms with van der Waals surface area (Å²) in [6.07, 6.45) is 12.7. The molecule has 0 aliphatic heterocycles. The Morgan fingerprint density at radius 1 is 0.938 bits per heavy atom. The van der Waals surface area contributed by atoms with Crippen LogP contribution in [0.2, 0.25) is 0 Å². The minimum absolute atomic E-state index is 0.493. The van der Waals surface area contributed by atoms with Gasteiger partial charge in [-0.1, -0.05) is 52.4 Å². The maximum Gasteiger partial charge on any atom is 0.108 e. The molecule has 0 saturated heterocycles. The molecule has 2 heteroatoms. The van der Waals surface area contributed by atoms with Gasteiger partial charge in [-0.25, -0.2) is 0 Å². The van der Waals surface area contributed by atoms with Gasteiger partial charge in [-0.2, -0.15) is 0 Å². The van der Waals surface area contributed by atoms with Crippen molar-refractivity contribution in [2.24, 2.45) is 0 Å². The van der Waals surface area contributed by atoms with E-state index in [0.29, 0.717) is 5.76 Å². The average Bonchev–Trinajstić information content (AvgIpc) is 2.30. The highest BCUT2D eigenvalue weighted by Crippen LogP contribution is 2.04. The lowest BCUT2D eigenvalue weighted by Crippen LogP contribution is -2.08. The molecule has 0 radical (unpaired) electrons. The first-order valence-corrected chi connectivity index (χ1v) is 6.92. The molecule has 0 heterocycles. The molecule has 0 fully saturated rings. The molecule has 96 valence electrons. The number of aliphatic hydroxyl groups excluding tert-OH is 1. The highest BCUT2D eigenvalue weighted by Gasteiger charge is 1.92. The highest BCUT2D eigenvalue weighted by atomic mass is 16.3. The molecule has 0 saturated carbocycles. The Kier molecular flexibility index (Phi) is 11.9. The number of unbranched alkanes of at least 4 members (excludes halogenated alkanes) is 6. The van der Waals surface area contributed by atoms with E-state index in [1.165, 1.54) is 38.5 Å². The number of rotatable bonds is 11. The summed E-state index contributed by atoms with van der Waals surface area (Å²) < 4.78 is 0. The van der Waals surface area contributed by atoms with E-state index in [1.54, 1.807) is 6.20 Å². The van der Waals surface area contributed by atoms with Gasteiger partial charge in [0.25, 0.3) is 0 Å². The van der Waals surface area contributed by atoms with Crippen molar-refractivity contribution >= 4 is 0 Å². The van der Waals surface area contributed by atoms with Gasteiger partial charge in [0.05, 0.1) is 0 Å². The van der Waals surface area contributed by atoms with Crippen molar-refractivity contribution in [3.8, 4) is 0 Å². The molecular formula is C14H29NO. The second kappa shape index (κ2) is 12.4. The van der Waals surface area contributed by atoms with Crippen LogP contribution >= 0.6 is 0 Å². The molecule has 0 aliphatic carbocycles. The first kappa shape index (κ1) is 15.3. The zero-order valence-corrected chi connectivity index (χ0v) is 11.1. The summed E-state index contributed by atoms with van der Waals surface area (Å²) in [7, 11) is 0. The van der Waals surface area contributed by atoms with Gasteiger partial charge in [0.1, 0.15) is 5.76 Å². The van der Waals surface area contributed by atoms with Crippen LogP contribution in [0.4, 0.5) is 0 Å². The molecule has 0 rings (SSSR count). The van der Waals surface area contributed by atoms with Crippen LogP contribution in [-0.2, 0) is 0 Å². The molecule has 16 heavy (non-hydrogen) atoms. The quantitative estimate of drug-likeness (QED) is 0.401. The van der Waals surface area contributed by atoms with Crippen molar-refractivity contribution in [2.45, 2.75) is 71.6 Å². The second-order valence-electron chi connectivity index (χ2n) is 4.46. The van der Waals surface area contributed by atoms with E-state index in [0.717, 1.165) is 25.8 Å². The Balaban J connectivity index is 3.18. The Morgan fingerprint density at radius 3 is 2.25 bits per heavy atom. The van der Waals surface area contributed by atoms with Crippen LogP contribution in [0.3, 0.4) is 0 Å². The standard InChI is InChI=1S/C14H29NO/c1-3-5-7-8-9-10-12-15-13-14(16)11-6-4-2/h13,15-16H,3-12H2,1-2H3. The third-order valence-electron chi connectivity index (χ3n) is 2.73. The van der Waals surface area contributed by atoms with E-state index in [2.05, 4.69) is 19.2 Å². The minimum Gasteiger partial charge on any atom is -0.511 e. The van der Waals surface area contributed by atoms with Crippen LogP contribution in [0, 0.1) is 0 Å². The predicted molar refractivity (Wildman–Crippen MR) is 71.6 cm³/mol. The molecule has 0 aromatic rings. The average molecular weight is 227 g/mol. The number of aliphatic hydroxyl groups is 1. The fraction of sp³-hybridized carbons (Fsp3) is 0.857. The van der Waals surface area contributed by atoms with Crippen LogP contribution in [0.5, 0.6) is 0 Å². The Labute approximate surface area is 101 Å². The molecular weight excluding hydrogens is 198 g/mol. The largest absolute Gasteiger partial charge is 0.511 e. The lowest BCUT2D eigenvalue weighted by molar-refractivity contribution is 0.378. The van der Waals surface area contributed by atoms with Gasteiger partial charge in [0, 0.05) is 19.2 Å². The maximum atomic E-state index is 9.45. The Bertz CT molecular complexity index is 166. The van der Waals surface area contributed by atoms with Crippen LogP contribution < -0.4 is 5.32 Å². The van der Waals surface area contributed by atoms with Gasteiger partial charge in [-0.05, 0) is 12.8 Å². The molecule has 0 aromatic carbocycles. The molecule has 0 bridgehead atoms. The van der Waals surface area contributed by atoms with Crippen LogP contribution in [0.1, 0.15) is 71.6 Å². The van der Waals surface area contributed by atoms with Gasteiger partial charge in [-0.3, -0.25) is 0 Å². The molecule has 2 nitrogen and oxygen atoms in total. The zero-order chi connectivity index (χ0) is 12.1. The first-order valence-electron chi connectivity index (χ1n) is 6.92. The van der Waals surface area contributed by atoms with Gasteiger partial charge in [0.15, 0.2) is 0 Å². The number of hydrogen-bond donors (Lipinski definition) is 2. The third kappa shape index (κ3) is 11.4. The van der Waals surface area contributed by atoms with E-state index in [4.69, 9.17) is 0 Å². The fourth-order valence-electron chi connectivity index (χ4n) is 1.63. The predicted octanol–water partition coefficient (Wildman–Crippen LogP) is 4.53. The van der Waals surface area contributed by atoms with Crippen molar-refractivity contribution in [3.63, 3.8) is 0 Å². The van der Waals surface area contributed by atoms with Gasteiger partial charge in [-0.15, -0.1) is 0 Å². The molecule has 0 amide bonds. The number of nitrogens with one attached hydrogen (secondary N) is 1. The maximum absolute atomic E-state index is 9.45. The van der Waals surface area contributed by atoms with E-state index >= 15 is 0 Å². The summed E-state index contributed by atoms with van der Waals surface area (Å²) in [4.78, 5) is 0. The van der Waals surface area contributed by atoms with Crippen molar-refractivity contribution < 1.29 is 5.11 Å². The second-order valence-corrected chi connectivity index (χ2v) is 4.46. The summed E-state index contributed by atoms with van der Waals surface area (Å²) in [6.45, 7) is 5.37. The number of hydrogen-bond acceptors (Lipinski definition) is 2. The molecule has 2 N–H and O–H groups in total. The van der Waals surface area contributed by atoms with Crippen molar-refractivity contribution in [1.29, 1.82) is 0 Å².